The maximum atomic E-state index is 7.38. The average Bonchev–Trinajstić information content (AvgIpc) is 0.918. The van der Waals surface area contributed by atoms with Crippen LogP contribution in [-0.2, 0) is 0 Å². The van der Waals surface area contributed by atoms with E-state index in [-0.39, 0.29) is 12.7 Å². The maximum absolute atomic E-state index is 7.38. The van der Waals surface area contributed by atoms with Crippen molar-refractivity contribution in [2.75, 3.05) is 0 Å². The van der Waals surface area contributed by atoms with Crippen molar-refractivity contribution in [3.63, 3.8) is 0 Å². The van der Waals surface area contributed by atoms with Crippen LogP contribution in [0.25, 0.3) is 0 Å². The molecule has 0 saturated carbocycles. The zero-order chi connectivity index (χ0) is 2.71. The van der Waals surface area contributed by atoms with E-state index < -0.39 is 0 Å². The van der Waals surface area contributed by atoms with Crippen molar-refractivity contribution in [1.82, 2.24) is 0 Å². The standard InChI is InChI=1S/CN.B.Na.3H/c1-2;;;;;/q;+3;;3*-1. The summed E-state index contributed by atoms with van der Waals surface area (Å²) >= 11 is 0.674. The van der Waals surface area contributed by atoms with Gasteiger partial charge in [0.15, 0.2) is 0 Å². The smallest absolute Gasteiger partial charge is 1.00 e. The number of hydrogen-bond acceptors (Lipinski definition) is 1. The minimum absolute atomic E-state index is 0. The van der Waals surface area contributed by atoms with Gasteiger partial charge in [-0.2, -0.15) is 0 Å². The monoisotopic (exact) mass is 63.0 g/mol. The molecule has 1 nitrogen and oxygen atoms in total. The molecular weight excluding hydrogens is 59.8 g/mol. The first-order valence-electron chi connectivity index (χ1n) is 0.724. The predicted molar refractivity (Wildman–Crippen MR) is 20.5 cm³/mol. The summed E-state index contributed by atoms with van der Waals surface area (Å²) in [4.78, 5) is 0. The molecule has 0 aliphatic rings. The summed E-state index contributed by atoms with van der Waals surface area (Å²) < 4.78 is 1.89. The first-order valence-corrected chi connectivity index (χ1v) is 1.72. The van der Waals surface area contributed by atoms with Gasteiger partial charge in [0, 0.05) is 0 Å². The minimum atomic E-state index is 0. The van der Waals surface area contributed by atoms with Crippen LogP contribution in [-0.4, -0.2) is 36.3 Å². The largest absolute Gasteiger partial charge is 3.00 e. The van der Waals surface area contributed by atoms with E-state index in [1.165, 1.54) is 0 Å². The van der Waals surface area contributed by atoms with Crippen LogP contribution in [0.5, 0.6) is 0 Å². The van der Waals surface area contributed by atoms with Crippen molar-refractivity contribution in [3.8, 4) is 3.32 Å². The number of nitriles is 1. The zero-order valence-corrected chi connectivity index (χ0v) is 4.52. The van der Waals surface area contributed by atoms with Crippen LogP contribution in [0.2, 0.25) is 0 Å². The predicted octanol–water partition coefficient (Wildman–Crippen LogP) is -0.407. The fourth-order valence-electron chi connectivity index (χ4n) is 0. The maximum Gasteiger partial charge on any atom is 3.00 e. The SMILES string of the molecule is N#[C][Na].[B+3].[H-].[H-].[H-]. The molecule has 0 saturated heterocycles. The van der Waals surface area contributed by atoms with Gasteiger partial charge in [-0.3, -0.25) is 0 Å². The average molecular weight is 62.8 g/mol. The van der Waals surface area contributed by atoms with E-state index in [1.807, 2.05) is 3.32 Å². The van der Waals surface area contributed by atoms with E-state index in [9.17, 15) is 0 Å². The Hall–Kier alpha value is 0.555. The van der Waals surface area contributed by atoms with Crippen molar-refractivity contribution in [1.29, 1.82) is 5.26 Å². The molecule has 0 aliphatic carbocycles. The molecule has 0 amide bonds. The Morgan fingerprint density at radius 1 is 2.00 bits per heavy atom. The summed E-state index contributed by atoms with van der Waals surface area (Å²) in [5, 5.41) is 7.38. The van der Waals surface area contributed by atoms with Crippen LogP contribution in [0.15, 0.2) is 0 Å². The molecule has 0 bridgehead atoms. The Bertz CT molecular complexity index is 36.4. The first-order chi connectivity index (χ1) is 1.41. The Labute approximate surface area is 49.4 Å². The summed E-state index contributed by atoms with van der Waals surface area (Å²) in [6.07, 6.45) is 0. The van der Waals surface area contributed by atoms with E-state index >= 15 is 0 Å². The Balaban J connectivity index is -0.00000000333. The van der Waals surface area contributed by atoms with Gasteiger partial charge in [-0.05, 0) is 0 Å². The number of rotatable bonds is 0. The van der Waals surface area contributed by atoms with E-state index in [4.69, 9.17) is 5.26 Å². The van der Waals surface area contributed by atoms with Gasteiger partial charge in [-0.25, -0.2) is 0 Å². The zero-order valence-electron chi connectivity index (χ0n) is 5.52. The molecule has 0 aliphatic heterocycles. The second-order valence-corrected chi connectivity index (χ2v) is 0.671. The molecule has 0 N–H and O–H groups in total. The van der Waals surface area contributed by atoms with E-state index in [0.29, 0.717) is 27.9 Å². The molecule has 16 valence electrons. The molecule has 0 aromatic carbocycles. The summed E-state index contributed by atoms with van der Waals surface area (Å²) in [5.41, 5.74) is 0. The van der Waals surface area contributed by atoms with Crippen molar-refractivity contribution >= 4 is 36.3 Å². The van der Waals surface area contributed by atoms with Crippen LogP contribution in [0.3, 0.4) is 0 Å². The van der Waals surface area contributed by atoms with Crippen molar-refractivity contribution in [2.24, 2.45) is 0 Å². The topological polar surface area (TPSA) is 23.8 Å². The van der Waals surface area contributed by atoms with Crippen molar-refractivity contribution in [3.05, 3.63) is 0 Å². The molecule has 0 aromatic rings. The molecule has 0 fully saturated rings. The van der Waals surface area contributed by atoms with Crippen LogP contribution in [0.1, 0.15) is 4.28 Å². The molecule has 3 heteroatoms. The van der Waals surface area contributed by atoms with Gasteiger partial charge >= 0.3 is 44.9 Å². The van der Waals surface area contributed by atoms with Crippen LogP contribution < -0.4 is 0 Å². The molecule has 0 rings (SSSR count). The van der Waals surface area contributed by atoms with Gasteiger partial charge in [0.1, 0.15) is 0 Å². The van der Waals surface area contributed by atoms with Gasteiger partial charge in [-0.1, -0.05) is 0 Å². The Morgan fingerprint density at radius 2 is 2.00 bits per heavy atom. The third-order valence-corrected chi connectivity index (χ3v) is 0. The molecular formula is CH3BNNa. The van der Waals surface area contributed by atoms with Crippen molar-refractivity contribution < 1.29 is 4.28 Å². The normalized spacial score (nSPS) is 2.25. The van der Waals surface area contributed by atoms with E-state index in [1.54, 1.807) is 0 Å². The van der Waals surface area contributed by atoms with Crippen LogP contribution in [0.4, 0.5) is 0 Å². The molecule has 4 heavy (non-hydrogen) atoms. The Morgan fingerprint density at radius 3 is 2.00 bits per heavy atom. The Kier molecular flexibility index (Phi) is 21.2. The fourth-order valence-corrected chi connectivity index (χ4v) is 0. The third kappa shape index (κ3) is 20.1. The van der Waals surface area contributed by atoms with Gasteiger partial charge in [0.25, 0.3) is 0 Å². The molecule has 0 atom stereocenters. The number of nitrogens with zero attached hydrogens (tertiary/aromatic N) is 1. The van der Waals surface area contributed by atoms with Crippen molar-refractivity contribution in [2.45, 2.75) is 0 Å². The van der Waals surface area contributed by atoms with Gasteiger partial charge < -0.3 is 4.28 Å². The minimum Gasteiger partial charge on any atom is -1.00 e. The molecule has 0 heterocycles. The third-order valence-electron chi connectivity index (χ3n) is 0. The van der Waals surface area contributed by atoms with Gasteiger partial charge in [-0.15, -0.1) is 0 Å². The second kappa shape index (κ2) is 9.60. The first kappa shape index (κ1) is 8.82. The van der Waals surface area contributed by atoms with Gasteiger partial charge in [0.05, 0.1) is 0 Å². The second-order valence-electron chi connectivity index (χ2n) is 0.224. The quantitative estimate of drug-likeness (QED) is 0.350. The number of hydrogen-bond donors (Lipinski definition) is 0. The van der Waals surface area contributed by atoms with E-state index in [2.05, 4.69) is 0 Å². The van der Waals surface area contributed by atoms with Gasteiger partial charge in [0.2, 0.25) is 0 Å². The summed E-state index contributed by atoms with van der Waals surface area (Å²) in [6, 6.07) is 0. The van der Waals surface area contributed by atoms with E-state index in [0.717, 1.165) is 0 Å². The molecule has 0 aromatic heterocycles. The summed E-state index contributed by atoms with van der Waals surface area (Å²) in [7, 11) is 0. The summed E-state index contributed by atoms with van der Waals surface area (Å²) in [5.74, 6) is 0. The molecule has 0 radical (unpaired) electrons. The van der Waals surface area contributed by atoms with Crippen LogP contribution in [0, 0.1) is 8.58 Å². The fraction of sp³-hybridized carbons (Fsp3) is 0. The molecule has 0 spiro atoms. The molecule has 0 unspecified atom stereocenters. The summed E-state index contributed by atoms with van der Waals surface area (Å²) in [6.45, 7) is 0. The van der Waals surface area contributed by atoms with Crippen LogP contribution >= 0.6 is 0 Å².